The summed E-state index contributed by atoms with van der Waals surface area (Å²) in [6.07, 6.45) is -41.4. The van der Waals surface area contributed by atoms with Crippen molar-refractivity contribution in [1.82, 2.24) is 0 Å². The Kier molecular flexibility index (Phi) is 23.7. The lowest BCUT2D eigenvalue weighted by Gasteiger charge is -2.14. The van der Waals surface area contributed by atoms with Gasteiger partial charge < -0.3 is 0 Å². The molecule has 38 heavy (non-hydrogen) atoms. The molecular weight excluding hydrogens is 617 g/mol. The predicted molar refractivity (Wildman–Crippen MR) is 83.5 cm³/mol. The van der Waals surface area contributed by atoms with Crippen molar-refractivity contribution >= 4 is 0 Å². The van der Waals surface area contributed by atoms with E-state index in [2.05, 4.69) is 13.8 Å². The predicted octanol–water partition coefficient (Wildman–Crippen LogP) is 10.1. The van der Waals surface area contributed by atoms with E-state index in [1.54, 1.807) is 0 Å². The maximum Gasteiger partial charge on any atom is 0.456 e. The number of halogens is 23. The average Bonchev–Trinajstić information content (AvgIpc) is 2.64. The fourth-order valence-electron chi connectivity index (χ4n) is 0.556. The third kappa shape index (κ3) is 32.4. The van der Waals surface area contributed by atoms with Crippen LogP contribution in [0.5, 0.6) is 0 Å². The molecule has 0 aromatic rings. The zero-order valence-electron chi connectivity index (χ0n) is 18.2. The van der Waals surface area contributed by atoms with Gasteiger partial charge in [0.25, 0.3) is 25.4 Å². The first-order chi connectivity index (χ1) is 16.3. The summed E-state index contributed by atoms with van der Waals surface area (Å²) in [5.41, 5.74) is 0. The molecule has 0 bridgehead atoms. The first-order valence-electron chi connectivity index (χ1n) is 8.67. The third-order valence-electron chi connectivity index (χ3n) is 2.00. The molecule has 0 radical (unpaired) electrons. The molecule has 23 heteroatoms. The molecule has 0 nitrogen and oxygen atoms in total. The minimum atomic E-state index is -5.76. The first kappa shape index (κ1) is 46.3. The Hall–Kier alpha value is -1.61. The molecule has 0 aliphatic carbocycles. The van der Waals surface area contributed by atoms with Crippen LogP contribution in [0.25, 0.3) is 0 Å². The van der Waals surface area contributed by atoms with Crippen molar-refractivity contribution in [2.24, 2.45) is 0 Å². The molecule has 0 spiro atoms. The molecule has 0 aliphatic heterocycles. The summed E-state index contributed by atoms with van der Waals surface area (Å²) >= 11 is 0. The summed E-state index contributed by atoms with van der Waals surface area (Å²) in [5.74, 6) is -5.19. The Balaban J connectivity index is -0.000000123. The van der Waals surface area contributed by atoms with Gasteiger partial charge in [-0.25, -0.2) is 39.5 Å². The van der Waals surface area contributed by atoms with E-state index in [-0.39, 0.29) is 0 Å². The van der Waals surface area contributed by atoms with Crippen LogP contribution < -0.4 is 0 Å². The molecule has 0 heterocycles. The summed E-state index contributed by atoms with van der Waals surface area (Å²) in [4.78, 5) is 0. The molecule has 1 atom stereocenters. The Morgan fingerprint density at radius 2 is 0.763 bits per heavy atom. The number of hydrogen-bond acceptors (Lipinski definition) is 0. The van der Waals surface area contributed by atoms with Gasteiger partial charge in [0.2, 0.25) is 6.17 Å². The fraction of sp³-hybridized carbons (Fsp3) is 1.00. The lowest BCUT2D eigenvalue weighted by atomic mass is 10.4. The quantitative estimate of drug-likeness (QED) is 0.270. The average molecular weight is 634 g/mol. The van der Waals surface area contributed by atoms with Crippen molar-refractivity contribution in [3.05, 3.63) is 0 Å². The second-order valence-electron chi connectivity index (χ2n) is 5.84. The largest absolute Gasteiger partial charge is 0.456 e. The highest BCUT2D eigenvalue weighted by Crippen LogP contribution is 2.35. The smallest absolute Gasteiger partial charge is 0.244 e. The number of rotatable bonds is 4. The molecule has 0 aromatic heterocycles. The fourth-order valence-corrected chi connectivity index (χ4v) is 0.556. The van der Waals surface area contributed by atoms with Crippen LogP contribution in [-0.4, -0.2) is 68.9 Å². The third-order valence-corrected chi connectivity index (χ3v) is 2.00. The van der Waals surface area contributed by atoms with Crippen molar-refractivity contribution in [3.63, 3.8) is 0 Å². The van der Waals surface area contributed by atoms with E-state index in [0.29, 0.717) is 0 Å². The molecule has 0 rings (SSSR count). The van der Waals surface area contributed by atoms with Crippen molar-refractivity contribution in [2.45, 2.75) is 88.9 Å². The monoisotopic (exact) mass is 634 g/mol. The van der Waals surface area contributed by atoms with Gasteiger partial charge in [0.05, 0.1) is 0 Å². The highest BCUT2D eigenvalue weighted by atomic mass is 19.4. The lowest BCUT2D eigenvalue weighted by molar-refractivity contribution is -0.286. The van der Waals surface area contributed by atoms with Crippen molar-refractivity contribution < 1.29 is 101 Å². The van der Waals surface area contributed by atoms with Crippen LogP contribution in [-0.2, 0) is 0 Å². The van der Waals surface area contributed by atoms with Crippen LogP contribution >= 0.6 is 0 Å². The Bertz CT molecular complexity index is 505. The van der Waals surface area contributed by atoms with E-state index < -0.39 is 75.3 Å². The molecule has 0 saturated carbocycles. The van der Waals surface area contributed by atoms with Crippen LogP contribution in [0.1, 0.15) is 26.7 Å². The SMILES string of the molecule is CCC.FC(F)(F)CC(F)(F)F.FC(F)C(F)C(F)(F)F.FC(F)C(F)C(F)F.FCC(F)(F)C(F)(F)F. The van der Waals surface area contributed by atoms with Gasteiger partial charge >= 0.3 is 30.6 Å². The summed E-state index contributed by atoms with van der Waals surface area (Å²) in [6, 6.07) is 0. The molecule has 0 aliphatic rings. The van der Waals surface area contributed by atoms with Crippen LogP contribution in [0.3, 0.4) is 0 Å². The highest BCUT2D eigenvalue weighted by Gasteiger charge is 2.57. The molecule has 0 N–H and O–H groups in total. The highest BCUT2D eigenvalue weighted by molar-refractivity contribution is 4.73. The molecule has 0 aromatic carbocycles. The number of alkyl halides is 23. The second-order valence-corrected chi connectivity index (χ2v) is 5.84. The minimum Gasteiger partial charge on any atom is -0.244 e. The molecular formula is C15H17F23. The summed E-state index contributed by atoms with van der Waals surface area (Å²) in [7, 11) is 0. The zero-order valence-corrected chi connectivity index (χ0v) is 18.2. The van der Waals surface area contributed by atoms with Gasteiger partial charge in [-0.15, -0.1) is 0 Å². The van der Waals surface area contributed by atoms with E-state index >= 15 is 0 Å². The van der Waals surface area contributed by atoms with Gasteiger partial charge in [0.15, 0.2) is 6.67 Å². The van der Waals surface area contributed by atoms with E-state index in [0.717, 1.165) is 0 Å². The summed E-state index contributed by atoms with van der Waals surface area (Å²) in [5, 5.41) is 0. The van der Waals surface area contributed by atoms with Gasteiger partial charge in [-0.1, -0.05) is 20.3 Å². The van der Waals surface area contributed by atoms with Crippen LogP contribution in [0.2, 0.25) is 0 Å². The molecule has 1 unspecified atom stereocenters. The lowest BCUT2D eigenvalue weighted by Crippen LogP contribution is -2.38. The summed E-state index contributed by atoms with van der Waals surface area (Å²) < 4.78 is 250. The first-order valence-corrected chi connectivity index (χ1v) is 8.67. The van der Waals surface area contributed by atoms with Gasteiger partial charge in [-0.05, 0) is 0 Å². The topological polar surface area (TPSA) is 0 Å². The zero-order chi connectivity index (χ0) is 32.5. The molecule has 0 amide bonds. The van der Waals surface area contributed by atoms with Crippen LogP contribution in [0.15, 0.2) is 0 Å². The minimum absolute atomic E-state index is 1.25. The van der Waals surface area contributed by atoms with Gasteiger partial charge in [-0.2, -0.15) is 61.5 Å². The number of hydrogen-bond donors (Lipinski definition) is 0. The second kappa shape index (κ2) is 19.4. The summed E-state index contributed by atoms with van der Waals surface area (Å²) in [6.45, 7) is 1.55. The Morgan fingerprint density at radius 1 is 0.500 bits per heavy atom. The van der Waals surface area contributed by atoms with Crippen LogP contribution in [0, 0.1) is 0 Å². The maximum absolute atomic E-state index is 11.2. The van der Waals surface area contributed by atoms with E-state index in [4.69, 9.17) is 0 Å². The Morgan fingerprint density at radius 3 is 0.763 bits per heavy atom. The van der Waals surface area contributed by atoms with Gasteiger partial charge in [-0.3, -0.25) is 0 Å². The van der Waals surface area contributed by atoms with Crippen molar-refractivity contribution in [1.29, 1.82) is 0 Å². The molecule has 238 valence electrons. The normalized spacial score (nSPS) is 13.5. The van der Waals surface area contributed by atoms with E-state index in [1.165, 1.54) is 6.42 Å². The van der Waals surface area contributed by atoms with Crippen molar-refractivity contribution in [3.8, 4) is 0 Å². The molecule has 0 fully saturated rings. The standard InChI is InChI=1S/3C3H2F6.C3H3F5.C3H8/c4-1-2(5,6)3(7,8)9;4-2(5,6)1-3(7,8)9;4-1(2(5)6)3(7,8)9;4-1(2(5)6)3(7)8;1-3-2/h2*1H2;1-2H;1-3H;3H2,1-2H3. The van der Waals surface area contributed by atoms with Gasteiger partial charge in [0.1, 0.15) is 6.42 Å². The van der Waals surface area contributed by atoms with Crippen LogP contribution in [0.4, 0.5) is 101 Å². The van der Waals surface area contributed by atoms with E-state index in [1.807, 2.05) is 0 Å². The Labute approximate surface area is 198 Å². The maximum atomic E-state index is 11.2. The van der Waals surface area contributed by atoms with Crippen molar-refractivity contribution in [2.75, 3.05) is 6.67 Å². The van der Waals surface area contributed by atoms with E-state index in [9.17, 15) is 101 Å². The van der Waals surface area contributed by atoms with Gasteiger partial charge in [0, 0.05) is 0 Å². The molecule has 0 saturated heterocycles.